The van der Waals surface area contributed by atoms with Gasteiger partial charge in [0.2, 0.25) is 0 Å². The van der Waals surface area contributed by atoms with Crippen LogP contribution in [0, 0.1) is 0 Å². The maximum absolute atomic E-state index is 13.4. The van der Waals surface area contributed by atoms with E-state index < -0.39 is 11.9 Å². The van der Waals surface area contributed by atoms with Crippen molar-refractivity contribution in [3.8, 4) is 11.5 Å². The Morgan fingerprint density at radius 3 is 2.12 bits per heavy atom. The lowest BCUT2D eigenvalue weighted by Crippen LogP contribution is -2.18. The van der Waals surface area contributed by atoms with Crippen molar-refractivity contribution in [3.05, 3.63) is 97.1 Å². The molecule has 5 rings (SSSR count). The molecule has 1 aliphatic carbocycles. The van der Waals surface area contributed by atoms with Gasteiger partial charge in [-0.25, -0.2) is 4.98 Å². The Hall–Kier alpha value is -3.36. The Bertz CT molecular complexity index is 1740. The van der Waals surface area contributed by atoms with Crippen LogP contribution in [0.3, 0.4) is 0 Å². The topological polar surface area (TPSA) is 97.9 Å². The third-order valence-corrected chi connectivity index (χ3v) is 9.09. The zero-order chi connectivity index (χ0) is 31.4. The molecule has 0 saturated carbocycles. The number of benzene rings is 3. The van der Waals surface area contributed by atoms with E-state index in [0.29, 0.717) is 43.5 Å². The van der Waals surface area contributed by atoms with E-state index >= 15 is 0 Å². The Morgan fingerprint density at radius 1 is 0.930 bits per heavy atom. The van der Waals surface area contributed by atoms with Crippen molar-refractivity contribution in [2.75, 3.05) is 0 Å². The first kappa shape index (κ1) is 31.1. The maximum atomic E-state index is 13.4. The lowest BCUT2D eigenvalue weighted by atomic mass is 9.78. The number of hydrogen-bond donors (Lipinski definition) is 1. The molecule has 0 radical (unpaired) electrons. The number of fused-ring (bicyclic) bond motifs is 2. The number of nitrogens with zero attached hydrogens (tertiary/aromatic N) is 1. The second kappa shape index (κ2) is 11.3. The number of pyridine rings is 1. The molecule has 2 N–H and O–H groups in total. The van der Waals surface area contributed by atoms with Crippen molar-refractivity contribution in [1.82, 2.24) is 4.98 Å². The smallest absolute Gasteiger partial charge is 0.342 e. The molecule has 0 amide bonds. The third-order valence-electron chi connectivity index (χ3n) is 7.77. The van der Waals surface area contributed by atoms with E-state index in [-0.39, 0.29) is 34.6 Å². The van der Waals surface area contributed by atoms with E-state index in [1.54, 1.807) is 36.4 Å². The van der Waals surface area contributed by atoms with Gasteiger partial charge in [0.05, 0.1) is 11.3 Å². The molecule has 222 valence electrons. The first-order valence-electron chi connectivity index (χ1n) is 14.1. The molecule has 43 heavy (non-hydrogen) atoms. The van der Waals surface area contributed by atoms with Crippen molar-refractivity contribution < 1.29 is 24.2 Å². The number of aromatic nitrogens is 1. The summed E-state index contributed by atoms with van der Waals surface area (Å²) in [4.78, 5) is 42.4. The zero-order valence-corrected chi connectivity index (χ0v) is 28.2. The molecule has 1 unspecified atom stereocenters. The quantitative estimate of drug-likeness (QED) is 0.0972. The first-order valence-corrected chi connectivity index (χ1v) is 15.7. The highest BCUT2D eigenvalue weighted by Crippen LogP contribution is 2.42. The molecule has 0 fully saturated rings. The summed E-state index contributed by atoms with van der Waals surface area (Å²) in [5.41, 5.74) is 3.74. The van der Waals surface area contributed by atoms with Gasteiger partial charge < -0.3 is 9.84 Å². The molecular weight excluding hydrogens is 674 g/mol. The fourth-order valence-corrected chi connectivity index (χ4v) is 6.57. The van der Waals surface area contributed by atoms with Crippen LogP contribution in [0.15, 0.2) is 63.5 Å². The van der Waals surface area contributed by atoms with Crippen molar-refractivity contribution in [3.63, 3.8) is 0 Å². The van der Waals surface area contributed by atoms with E-state index in [4.69, 9.17) is 9.72 Å². The molecule has 0 spiro atoms. The fourth-order valence-electron chi connectivity index (χ4n) is 5.51. The lowest BCUT2D eigenvalue weighted by molar-refractivity contribution is -0.134. The van der Waals surface area contributed by atoms with Gasteiger partial charge in [0.1, 0.15) is 16.8 Å². The van der Waals surface area contributed by atoms with Crippen LogP contribution < -0.4 is 4.74 Å². The van der Waals surface area contributed by atoms with Crippen molar-refractivity contribution in [2.24, 2.45) is 0 Å². The predicted molar refractivity (Wildman–Crippen MR) is 176 cm³/mol. The SMILES string of the molecule is CC(C)(C)c1cc(CCC(=O)Oc2cccc3ccc(C4C(=O)c5c(Br)ccc(Br)c5C4=[OH+])nc23)cc(C(C)(C)C)c1O. The summed E-state index contributed by atoms with van der Waals surface area (Å²) in [5.74, 6) is -1.15. The van der Waals surface area contributed by atoms with Crippen LogP contribution in [0.4, 0.5) is 0 Å². The van der Waals surface area contributed by atoms with Crippen LogP contribution in [0.5, 0.6) is 11.5 Å². The second-order valence-corrected chi connectivity index (χ2v) is 14.7. The third kappa shape index (κ3) is 5.92. The number of para-hydroxylation sites is 1. The van der Waals surface area contributed by atoms with Crippen molar-refractivity contribution >= 4 is 60.3 Å². The lowest BCUT2D eigenvalue weighted by Gasteiger charge is -2.28. The van der Waals surface area contributed by atoms with Gasteiger partial charge in [0.15, 0.2) is 17.5 Å². The molecule has 1 aromatic heterocycles. The first-order chi connectivity index (χ1) is 20.1. The minimum absolute atomic E-state index is 0.0762. The Balaban J connectivity index is 1.41. The average molecular weight is 708 g/mol. The number of carbonyl (C=O) groups excluding carboxylic acids is 3. The number of ketones is 2. The minimum Gasteiger partial charge on any atom is -0.507 e. The Morgan fingerprint density at radius 2 is 1.53 bits per heavy atom. The number of esters is 1. The van der Waals surface area contributed by atoms with Crippen LogP contribution in [-0.2, 0) is 22.0 Å². The molecule has 0 aliphatic heterocycles. The number of aromatic hydroxyl groups is 1. The summed E-state index contributed by atoms with van der Waals surface area (Å²) >= 11 is 6.88. The summed E-state index contributed by atoms with van der Waals surface area (Å²) < 4.78 is 7.03. The number of Topliss-reactive ketones (excluding diaryl/α,β-unsaturated/α-hetero) is 1. The van der Waals surface area contributed by atoms with Crippen LogP contribution in [0.2, 0.25) is 0 Å². The molecule has 4 aromatic rings. The summed E-state index contributed by atoms with van der Waals surface area (Å²) in [6, 6.07) is 16.3. The number of phenols is 1. The number of aryl methyl sites for hydroxylation is 1. The number of carbonyl (C=O) groups is 2. The van der Waals surface area contributed by atoms with E-state index in [0.717, 1.165) is 22.1 Å². The number of hydrogen-bond acceptors (Lipinski definition) is 5. The molecule has 1 aliphatic rings. The molecule has 6 nitrogen and oxygen atoms in total. The monoisotopic (exact) mass is 706 g/mol. The van der Waals surface area contributed by atoms with Crippen molar-refractivity contribution in [2.45, 2.75) is 71.1 Å². The van der Waals surface area contributed by atoms with E-state index in [9.17, 15) is 19.5 Å². The van der Waals surface area contributed by atoms with Gasteiger partial charge in [-0.1, -0.05) is 87.8 Å². The molecule has 3 aromatic carbocycles. The summed E-state index contributed by atoms with van der Waals surface area (Å²) in [7, 11) is 0. The normalized spacial score (nSPS) is 15.2. The largest absolute Gasteiger partial charge is 0.507 e. The zero-order valence-electron chi connectivity index (χ0n) is 25.0. The highest BCUT2D eigenvalue weighted by atomic mass is 79.9. The van der Waals surface area contributed by atoms with Gasteiger partial charge in [0, 0.05) is 20.8 Å². The highest BCUT2D eigenvalue weighted by molar-refractivity contribution is 9.11. The van der Waals surface area contributed by atoms with Crippen LogP contribution in [0.25, 0.3) is 10.9 Å². The van der Waals surface area contributed by atoms with Crippen LogP contribution in [-0.4, -0.2) is 32.4 Å². The molecule has 0 bridgehead atoms. The number of rotatable bonds is 5. The van der Waals surface area contributed by atoms with Crippen LogP contribution >= 0.6 is 31.9 Å². The van der Waals surface area contributed by atoms with Gasteiger partial charge in [-0.05, 0) is 74.1 Å². The van der Waals surface area contributed by atoms with E-state index in [1.165, 1.54) is 0 Å². The standard InChI is InChI=1S/C35H33Br2NO5/c1-34(2,3)20-16-18(17-21(31(20)40)35(4,5)6)10-15-26(39)43-25-9-7-8-19-11-14-24(38-30(19)25)29-32(41)27-22(36)12-13-23(37)28(27)33(29)42/h7-9,11-14,16-17,29,40H,10,15H2,1-6H3/p+1. The molecule has 1 atom stereocenters. The molecular formula is C35H34Br2NO5+. The maximum Gasteiger partial charge on any atom is 0.342 e. The fraction of sp³-hybridized carbons (Fsp3) is 0.314. The van der Waals surface area contributed by atoms with Crippen molar-refractivity contribution in [1.29, 1.82) is 0 Å². The number of phenolic OH excluding ortho intramolecular Hbond substituents is 1. The van der Waals surface area contributed by atoms with E-state index in [2.05, 4.69) is 73.4 Å². The molecule has 1 heterocycles. The summed E-state index contributed by atoms with van der Waals surface area (Å²) in [5, 5.41) is 11.8. The minimum atomic E-state index is -0.971. The van der Waals surface area contributed by atoms with Crippen LogP contribution in [0.1, 0.15) is 92.2 Å². The van der Waals surface area contributed by atoms with Gasteiger partial charge >= 0.3 is 11.8 Å². The Kier molecular flexibility index (Phi) is 8.16. The second-order valence-electron chi connectivity index (χ2n) is 13.0. The number of halogens is 2. The van der Waals surface area contributed by atoms with Gasteiger partial charge in [0.25, 0.3) is 0 Å². The summed E-state index contributed by atoms with van der Waals surface area (Å²) in [6.45, 7) is 12.3. The highest BCUT2D eigenvalue weighted by Gasteiger charge is 2.48. The van der Waals surface area contributed by atoms with E-state index in [1.807, 2.05) is 18.2 Å². The van der Waals surface area contributed by atoms with Gasteiger partial charge in [-0.15, -0.1) is 0 Å². The average Bonchev–Trinajstić information content (AvgIpc) is 3.19. The predicted octanol–water partition coefficient (Wildman–Crippen LogP) is 8.47. The molecule has 8 heteroatoms. The molecule has 0 saturated heterocycles. The van der Waals surface area contributed by atoms with Gasteiger partial charge in [-0.3, -0.25) is 14.4 Å². The summed E-state index contributed by atoms with van der Waals surface area (Å²) in [6.07, 6.45) is 0.567. The Labute approximate surface area is 268 Å². The number of ether oxygens (including phenoxy) is 1. The van der Waals surface area contributed by atoms with Gasteiger partial charge in [-0.2, -0.15) is 0 Å².